The molecule has 108 valence electrons. The van der Waals surface area contributed by atoms with Crippen LogP contribution in [0.4, 0.5) is 0 Å². The Labute approximate surface area is 112 Å². The molecule has 1 rings (SSSR count). The predicted octanol–water partition coefficient (Wildman–Crippen LogP) is -1.42. The van der Waals surface area contributed by atoms with Gasteiger partial charge in [0.05, 0.1) is 0 Å². The standard InChI is InChI=1S/C11H21N5O3/c1-3-19-6-4-5-13-11(15-12)16-7-9(17)14-10(18)8(16)2/h8H,3-7,12H2,1-2H3,(H,13,15)(H,14,17,18). The quantitative estimate of drug-likeness (QED) is 0.141. The minimum absolute atomic E-state index is 0.0569. The third kappa shape index (κ3) is 4.49. The van der Waals surface area contributed by atoms with Gasteiger partial charge in [0.2, 0.25) is 17.8 Å². The lowest BCUT2D eigenvalue weighted by Crippen LogP contribution is -2.61. The van der Waals surface area contributed by atoms with Crippen molar-refractivity contribution in [2.45, 2.75) is 26.3 Å². The van der Waals surface area contributed by atoms with Gasteiger partial charge in [0.15, 0.2) is 0 Å². The zero-order chi connectivity index (χ0) is 14.3. The first-order valence-corrected chi connectivity index (χ1v) is 6.29. The highest BCUT2D eigenvalue weighted by Crippen LogP contribution is 2.05. The molecule has 19 heavy (non-hydrogen) atoms. The lowest BCUT2D eigenvalue weighted by atomic mass is 10.2. The van der Waals surface area contributed by atoms with E-state index in [1.165, 1.54) is 0 Å². The van der Waals surface area contributed by atoms with Crippen LogP contribution in [0.3, 0.4) is 0 Å². The fourth-order valence-electron chi connectivity index (χ4n) is 1.69. The molecule has 2 amide bonds. The first kappa shape index (κ1) is 15.4. The van der Waals surface area contributed by atoms with E-state index in [9.17, 15) is 9.59 Å². The van der Waals surface area contributed by atoms with Crippen LogP contribution in [0.25, 0.3) is 0 Å². The Morgan fingerprint density at radius 1 is 1.63 bits per heavy atom. The van der Waals surface area contributed by atoms with Crippen LogP contribution in [-0.4, -0.2) is 55.0 Å². The summed E-state index contributed by atoms with van der Waals surface area (Å²) in [4.78, 5) is 28.7. The van der Waals surface area contributed by atoms with Gasteiger partial charge in [-0.3, -0.25) is 25.3 Å². The summed E-state index contributed by atoms with van der Waals surface area (Å²) < 4.78 is 5.20. The SMILES string of the molecule is CCOCCCN=C(NN)N1CC(=O)NC(=O)C1C. The highest BCUT2D eigenvalue weighted by Gasteiger charge is 2.32. The van der Waals surface area contributed by atoms with Crippen molar-refractivity contribution in [3.63, 3.8) is 0 Å². The number of aliphatic imine (C=N–C) groups is 1. The van der Waals surface area contributed by atoms with Gasteiger partial charge in [-0.25, -0.2) is 5.84 Å². The molecule has 0 aromatic carbocycles. The molecular formula is C11H21N5O3. The number of hydrogen-bond donors (Lipinski definition) is 3. The molecule has 1 saturated heterocycles. The number of guanidine groups is 1. The zero-order valence-corrected chi connectivity index (χ0v) is 11.3. The number of nitrogens with zero attached hydrogens (tertiary/aromatic N) is 2. The molecule has 8 heteroatoms. The fourth-order valence-corrected chi connectivity index (χ4v) is 1.69. The van der Waals surface area contributed by atoms with Crippen LogP contribution >= 0.6 is 0 Å². The lowest BCUT2D eigenvalue weighted by Gasteiger charge is -2.33. The average Bonchev–Trinajstić information content (AvgIpc) is 2.38. The number of piperazine rings is 1. The summed E-state index contributed by atoms with van der Waals surface area (Å²) in [5, 5.41) is 2.26. The second-order valence-electron chi connectivity index (χ2n) is 4.12. The van der Waals surface area contributed by atoms with Gasteiger partial charge in [-0.15, -0.1) is 0 Å². The molecule has 1 aliphatic heterocycles. The number of carbonyl (C=O) groups is 2. The molecular weight excluding hydrogens is 250 g/mol. The Balaban J connectivity index is 2.59. The number of imide groups is 1. The third-order valence-corrected chi connectivity index (χ3v) is 2.74. The molecule has 4 N–H and O–H groups in total. The molecule has 0 aliphatic carbocycles. The van der Waals surface area contributed by atoms with Crippen LogP contribution in [0, 0.1) is 0 Å². The van der Waals surface area contributed by atoms with Crippen molar-refractivity contribution >= 4 is 17.8 Å². The topological polar surface area (TPSA) is 109 Å². The monoisotopic (exact) mass is 271 g/mol. The summed E-state index contributed by atoms with van der Waals surface area (Å²) in [5.74, 6) is 5.03. The van der Waals surface area contributed by atoms with Gasteiger partial charge in [-0.2, -0.15) is 0 Å². The molecule has 1 unspecified atom stereocenters. The highest BCUT2D eigenvalue weighted by atomic mass is 16.5. The van der Waals surface area contributed by atoms with Crippen molar-refractivity contribution in [3.8, 4) is 0 Å². The van der Waals surface area contributed by atoms with E-state index < -0.39 is 6.04 Å². The Kier molecular flexibility index (Phi) is 6.23. The van der Waals surface area contributed by atoms with Crippen molar-refractivity contribution in [2.75, 3.05) is 26.3 Å². The Bertz CT molecular complexity index is 358. The molecule has 1 heterocycles. The summed E-state index contributed by atoms with van der Waals surface area (Å²) in [6.45, 7) is 5.47. The summed E-state index contributed by atoms with van der Waals surface area (Å²) >= 11 is 0. The molecule has 1 fully saturated rings. The number of amides is 2. The van der Waals surface area contributed by atoms with Gasteiger partial charge in [0.25, 0.3) is 0 Å². The fraction of sp³-hybridized carbons (Fsp3) is 0.727. The van der Waals surface area contributed by atoms with E-state index >= 15 is 0 Å². The number of carbonyl (C=O) groups excluding carboxylic acids is 2. The molecule has 0 aromatic heterocycles. The largest absolute Gasteiger partial charge is 0.382 e. The first-order chi connectivity index (χ1) is 9.10. The Hall–Kier alpha value is -1.67. The summed E-state index contributed by atoms with van der Waals surface area (Å²) in [6.07, 6.45) is 0.751. The highest BCUT2D eigenvalue weighted by molar-refractivity contribution is 6.04. The Morgan fingerprint density at radius 2 is 2.37 bits per heavy atom. The minimum Gasteiger partial charge on any atom is -0.382 e. The van der Waals surface area contributed by atoms with Crippen molar-refractivity contribution in [1.29, 1.82) is 0 Å². The maximum Gasteiger partial charge on any atom is 0.249 e. The normalized spacial score (nSPS) is 20.5. The van der Waals surface area contributed by atoms with Crippen LogP contribution < -0.4 is 16.6 Å². The van der Waals surface area contributed by atoms with Gasteiger partial charge < -0.3 is 9.64 Å². The van der Waals surface area contributed by atoms with Crippen molar-refractivity contribution < 1.29 is 14.3 Å². The summed E-state index contributed by atoms with van der Waals surface area (Å²) in [5.41, 5.74) is 2.44. The van der Waals surface area contributed by atoms with Gasteiger partial charge >= 0.3 is 0 Å². The molecule has 1 atom stereocenters. The summed E-state index contributed by atoms with van der Waals surface area (Å²) in [6, 6.07) is -0.487. The first-order valence-electron chi connectivity index (χ1n) is 6.29. The van der Waals surface area contributed by atoms with Crippen molar-refractivity contribution in [1.82, 2.24) is 15.6 Å². The van der Waals surface area contributed by atoms with Gasteiger partial charge in [0, 0.05) is 19.8 Å². The predicted molar refractivity (Wildman–Crippen MR) is 70.1 cm³/mol. The number of nitrogens with two attached hydrogens (primary N) is 1. The van der Waals surface area contributed by atoms with E-state index in [4.69, 9.17) is 10.6 Å². The van der Waals surface area contributed by atoms with Crippen LogP contribution in [0.1, 0.15) is 20.3 Å². The minimum atomic E-state index is -0.487. The number of ether oxygens (including phenoxy) is 1. The second-order valence-corrected chi connectivity index (χ2v) is 4.12. The Morgan fingerprint density at radius 3 is 3.00 bits per heavy atom. The molecule has 8 nitrogen and oxygen atoms in total. The van der Waals surface area contributed by atoms with Gasteiger partial charge in [-0.1, -0.05) is 0 Å². The number of rotatable bonds is 5. The van der Waals surface area contributed by atoms with Gasteiger partial charge in [0.1, 0.15) is 12.6 Å². The number of hydrazine groups is 1. The zero-order valence-electron chi connectivity index (χ0n) is 11.3. The molecule has 0 saturated carbocycles. The second kappa shape index (κ2) is 7.70. The van der Waals surface area contributed by atoms with Gasteiger partial charge in [-0.05, 0) is 20.3 Å². The van der Waals surface area contributed by atoms with Crippen molar-refractivity contribution in [3.05, 3.63) is 0 Å². The maximum atomic E-state index is 11.5. The lowest BCUT2D eigenvalue weighted by molar-refractivity contribution is -0.137. The average molecular weight is 271 g/mol. The summed E-state index contributed by atoms with van der Waals surface area (Å²) in [7, 11) is 0. The van der Waals surface area contributed by atoms with E-state index in [2.05, 4.69) is 15.7 Å². The molecule has 0 radical (unpaired) electrons. The van der Waals surface area contributed by atoms with E-state index in [0.717, 1.165) is 6.42 Å². The van der Waals surface area contributed by atoms with Crippen LogP contribution in [0.5, 0.6) is 0 Å². The molecule has 0 spiro atoms. The third-order valence-electron chi connectivity index (χ3n) is 2.74. The van der Waals surface area contributed by atoms with Crippen molar-refractivity contribution in [2.24, 2.45) is 10.8 Å². The van der Waals surface area contributed by atoms with E-state index in [1.807, 2.05) is 6.92 Å². The van der Waals surface area contributed by atoms with E-state index in [-0.39, 0.29) is 18.4 Å². The van der Waals surface area contributed by atoms with Crippen LogP contribution in [-0.2, 0) is 14.3 Å². The maximum absolute atomic E-state index is 11.5. The molecule has 0 aromatic rings. The number of nitrogens with one attached hydrogen (secondary N) is 2. The molecule has 1 aliphatic rings. The number of hydrogen-bond acceptors (Lipinski definition) is 5. The van der Waals surface area contributed by atoms with E-state index in [1.54, 1.807) is 11.8 Å². The van der Waals surface area contributed by atoms with E-state index in [0.29, 0.717) is 25.7 Å². The van der Waals surface area contributed by atoms with Crippen LogP contribution in [0.15, 0.2) is 4.99 Å². The van der Waals surface area contributed by atoms with Crippen LogP contribution in [0.2, 0.25) is 0 Å². The molecule has 0 bridgehead atoms. The smallest absolute Gasteiger partial charge is 0.249 e.